The number of hydrogen-bond acceptors (Lipinski definition) is 14. The second kappa shape index (κ2) is 56.1. The normalized spacial score (nSPS) is 12.3. The lowest BCUT2D eigenvalue weighted by Gasteiger charge is -2.29. The highest BCUT2D eigenvalue weighted by atomic mass is 32.2. The summed E-state index contributed by atoms with van der Waals surface area (Å²) in [5.41, 5.74) is 0. The lowest BCUT2D eigenvalue weighted by molar-refractivity contribution is -0.160. The second-order valence-corrected chi connectivity index (χ2v) is 16.9. The highest BCUT2D eigenvalue weighted by Crippen LogP contribution is 2.04. The van der Waals surface area contributed by atoms with Gasteiger partial charge in [-0.05, 0) is 103 Å². The molecule has 0 amide bonds. The molecule has 60 heavy (non-hydrogen) atoms. The lowest BCUT2D eigenvalue weighted by Crippen LogP contribution is -2.40. The van der Waals surface area contributed by atoms with Gasteiger partial charge in [0.15, 0.2) is 0 Å². The number of morpholine rings is 1. The Hall–Kier alpha value is -0.920. The summed E-state index contributed by atoms with van der Waals surface area (Å²) in [6, 6.07) is 3.15. The summed E-state index contributed by atoms with van der Waals surface area (Å²) in [6.07, 6.45) is 7.52. The van der Waals surface area contributed by atoms with Crippen molar-refractivity contribution in [1.82, 2.24) is 35.3 Å². The van der Waals surface area contributed by atoms with Crippen molar-refractivity contribution in [2.75, 3.05) is 100 Å². The molecular formula is C45H105N7O7S. The van der Waals surface area contributed by atoms with E-state index in [9.17, 15) is 0 Å². The standard InChI is InChI=1S/C8H14N2O.C7H15NO.C7H16O3S.C5H13NO.2C5H13N.C4H11N.C4H10O/c1-8(2)11-6-5-10-4-3-9-7-10;1-7(2)8-3-5-9-6-4-8;1-7(2)9-5-4-6-11-10-8-3;1-5(2)6-3-4-7;1-5(2)6(3)4;1-4-6-5(2)3;2*1-4(2)5-3/h3-4,7-8H,5-6H2,1-2H3;7H,3-6H2,1-2H3;7H,4-6H2,1-3H3;5-7H,3-4H2,1-2H3;5H,1-4H3;5-6H,4H2,1-3H3;4-5H,1-3H3;4H,1-3H3. The fourth-order valence-electron chi connectivity index (χ4n) is 3.19. The van der Waals surface area contributed by atoms with Crippen LogP contribution in [0, 0.1) is 0 Å². The maximum Gasteiger partial charge on any atom is 0.0946 e. The number of aliphatic hydroxyl groups excluding tert-OH is 1. The van der Waals surface area contributed by atoms with Crippen LogP contribution in [0.4, 0.5) is 0 Å². The zero-order valence-electron chi connectivity index (χ0n) is 43.4. The lowest BCUT2D eigenvalue weighted by atomic mass is 10.3. The van der Waals surface area contributed by atoms with Gasteiger partial charge in [0.25, 0.3) is 0 Å². The average Bonchev–Trinajstić information content (AvgIpc) is 3.71. The summed E-state index contributed by atoms with van der Waals surface area (Å²) in [5, 5.41) is 17.5. The molecule has 0 aliphatic carbocycles. The number of nitrogens with zero attached hydrogens (tertiary/aromatic N) is 4. The molecule has 15 heteroatoms. The monoisotopic (exact) mass is 888 g/mol. The molecule has 2 rings (SSSR count). The summed E-state index contributed by atoms with van der Waals surface area (Å²) in [4.78, 5) is 12.9. The van der Waals surface area contributed by atoms with E-state index in [4.69, 9.17) is 24.1 Å². The number of aliphatic hydroxyl groups is 1. The predicted molar refractivity (Wildman–Crippen MR) is 261 cm³/mol. The smallest absolute Gasteiger partial charge is 0.0946 e. The van der Waals surface area contributed by atoms with Crippen LogP contribution in [0.25, 0.3) is 0 Å². The van der Waals surface area contributed by atoms with Gasteiger partial charge >= 0.3 is 0 Å². The fourth-order valence-corrected chi connectivity index (χ4v) is 3.59. The SMILES string of the molecule is CC(C)N(C)C.CC(C)N1CCOCC1.CC(C)NCCO.CC(C)OCCn1ccnc1.CCNC(C)C.CNC(C)C.COC(C)C.COOSCCCOC(C)C. The van der Waals surface area contributed by atoms with E-state index in [0.29, 0.717) is 55.1 Å². The molecule has 1 aliphatic heterocycles. The first kappa shape index (κ1) is 70.7. The summed E-state index contributed by atoms with van der Waals surface area (Å²) < 4.78 is 27.2. The van der Waals surface area contributed by atoms with Gasteiger partial charge in [-0.1, -0.05) is 48.5 Å². The molecule has 1 saturated heterocycles. The van der Waals surface area contributed by atoms with Gasteiger partial charge in [0.05, 0.1) is 58.2 Å². The molecule has 0 aromatic carbocycles. The third kappa shape index (κ3) is 81.0. The van der Waals surface area contributed by atoms with Crippen molar-refractivity contribution in [3.05, 3.63) is 18.7 Å². The van der Waals surface area contributed by atoms with Crippen molar-refractivity contribution in [2.24, 2.45) is 0 Å². The molecule has 368 valence electrons. The van der Waals surface area contributed by atoms with Crippen LogP contribution in [0.2, 0.25) is 0 Å². The Labute approximate surface area is 377 Å². The molecule has 2 heterocycles. The Balaban J connectivity index is -0.000000142. The van der Waals surface area contributed by atoms with Gasteiger partial charge in [-0.3, -0.25) is 4.90 Å². The highest BCUT2D eigenvalue weighted by molar-refractivity contribution is 7.94. The van der Waals surface area contributed by atoms with Crippen molar-refractivity contribution in [3.8, 4) is 0 Å². The third-order valence-electron chi connectivity index (χ3n) is 7.43. The van der Waals surface area contributed by atoms with E-state index in [1.165, 1.54) is 19.2 Å². The highest BCUT2D eigenvalue weighted by Gasteiger charge is 2.12. The third-order valence-corrected chi connectivity index (χ3v) is 8.12. The summed E-state index contributed by atoms with van der Waals surface area (Å²) >= 11 is 1.30. The van der Waals surface area contributed by atoms with Crippen molar-refractivity contribution < 1.29 is 33.3 Å². The molecule has 1 aromatic heterocycles. The van der Waals surface area contributed by atoms with E-state index in [0.717, 1.165) is 64.8 Å². The van der Waals surface area contributed by atoms with Gasteiger partial charge in [0.1, 0.15) is 0 Å². The van der Waals surface area contributed by atoms with Crippen LogP contribution < -0.4 is 16.0 Å². The van der Waals surface area contributed by atoms with Crippen molar-refractivity contribution in [3.63, 3.8) is 0 Å². The Kier molecular flexibility index (Phi) is 66.1. The van der Waals surface area contributed by atoms with E-state index < -0.39 is 0 Å². The molecule has 0 atom stereocenters. The first-order valence-electron chi connectivity index (χ1n) is 22.4. The van der Waals surface area contributed by atoms with E-state index in [-0.39, 0.29) is 6.61 Å². The second-order valence-electron chi connectivity index (χ2n) is 16.1. The molecule has 1 fully saturated rings. The van der Waals surface area contributed by atoms with Crippen LogP contribution in [0.1, 0.15) is 124 Å². The summed E-state index contributed by atoms with van der Waals surface area (Å²) in [5.74, 6) is 0.903. The number of imidazole rings is 1. The van der Waals surface area contributed by atoms with Crippen LogP contribution in [0.15, 0.2) is 18.7 Å². The van der Waals surface area contributed by atoms with Crippen LogP contribution in [0.5, 0.6) is 0 Å². The van der Waals surface area contributed by atoms with Gasteiger partial charge in [-0.2, -0.15) is 4.33 Å². The summed E-state index contributed by atoms with van der Waals surface area (Å²) in [7, 11) is 9.29. The van der Waals surface area contributed by atoms with Crippen molar-refractivity contribution in [2.45, 2.75) is 179 Å². The number of nitrogens with one attached hydrogen (secondary N) is 3. The van der Waals surface area contributed by atoms with Gasteiger partial charge in [0, 0.05) is 100 Å². The van der Waals surface area contributed by atoms with Crippen molar-refractivity contribution in [1.29, 1.82) is 0 Å². The topological polar surface area (TPSA) is 136 Å². The van der Waals surface area contributed by atoms with Crippen LogP contribution in [-0.4, -0.2) is 173 Å². The van der Waals surface area contributed by atoms with Gasteiger partial charge in [-0.15, -0.1) is 0 Å². The molecule has 0 unspecified atom stereocenters. The molecule has 0 radical (unpaired) electrons. The Morgan fingerprint density at radius 3 is 1.53 bits per heavy atom. The van der Waals surface area contributed by atoms with E-state index >= 15 is 0 Å². The Morgan fingerprint density at radius 1 is 0.783 bits per heavy atom. The van der Waals surface area contributed by atoms with E-state index in [1.807, 2.05) is 59.4 Å². The minimum absolute atomic E-state index is 0.234. The predicted octanol–water partition coefficient (Wildman–Crippen LogP) is 7.66. The molecule has 1 aromatic rings. The number of ether oxygens (including phenoxy) is 4. The molecule has 14 nitrogen and oxygen atoms in total. The number of hydrogen-bond donors (Lipinski definition) is 4. The Bertz CT molecular complexity index is 834. The molecule has 4 N–H and O–H groups in total. The molecule has 1 aliphatic rings. The quantitative estimate of drug-likeness (QED) is 0.0442. The first-order valence-corrected chi connectivity index (χ1v) is 23.3. The Morgan fingerprint density at radius 2 is 1.27 bits per heavy atom. The maximum atomic E-state index is 8.25. The summed E-state index contributed by atoms with van der Waals surface area (Å²) in [6.45, 7) is 44.1. The average molecular weight is 888 g/mol. The minimum atomic E-state index is 0.234. The van der Waals surface area contributed by atoms with Gasteiger partial charge in [0.2, 0.25) is 0 Å². The number of aromatic nitrogens is 2. The fraction of sp³-hybridized carbons (Fsp3) is 0.933. The number of rotatable bonds is 20. The molecule has 0 bridgehead atoms. The van der Waals surface area contributed by atoms with Crippen molar-refractivity contribution >= 4 is 12.0 Å². The molecular weight excluding hydrogens is 783 g/mol. The van der Waals surface area contributed by atoms with Crippen LogP contribution >= 0.6 is 12.0 Å². The minimum Gasteiger partial charge on any atom is -0.395 e. The largest absolute Gasteiger partial charge is 0.395 e. The van der Waals surface area contributed by atoms with Gasteiger partial charge < -0.3 is 49.5 Å². The zero-order chi connectivity index (χ0) is 47.7. The van der Waals surface area contributed by atoms with E-state index in [2.05, 4.69) is 130 Å². The van der Waals surface area contributed by atoms with E-state index in [1.54, 1.807) is 19.6 Å². The number of methoxy groups -OCH3 is 1. The molecule has 0 saturated carbocycles. The first-order chi connectivity index (χ1) is 28.1. The van der Waals surface area contributed by atoms with Crippen LogP contribution in [-0.2, 0) is 34.7 Å². The van der Waals surface area contributed by atoms with Gasteiger partial charge in [-0.25, -0.2) is 9.87 Å². The maximum absolute atomic E-state index is 8.25. The van der Waals surface area contributed by atoms with Crippen LogP contribution in [0.3, 0.4) is 0 Å². The zero-order valence-corrected chi connectivity index (χ0v) is 44.2. The molecule has 0 spiro atoms.